The Kier molecular flexibility index (Phi) is 4.84. The van der Waals surface area contributed by atoms with Gasteiger partial charge in [-0.25, -0.2) is 0 Å². The van der Waals surface area contributed by atoms with Crippen molar-refractivity contribution >= 4 is 10.9 Å². The maximum Gasteiger partial charge on any atom is 0.0674 e. The third kappa shape index (κ3) is 3.21. The largest absolute Gasteiger partial charge is 0.375 e. The number of hydrogen-bond acceptors (Lipinski definition) is 2. The van der Waals surface area contributed by atoms with Crippen molar-refractivity contribution in [3.63, 3.8) is 0 Å². The first-order valence-corrected chi connectivity index (χ1v) is 8.52. The lowest BCUT2D eigenvalue weighted by Crippen LogP contribution is -2.27. The van der Waals surface area contributed by atoms with E-state index in [1.807, 2.05) is 0 Å². The predicted molar refractivity (Wildman–Crippen MR) is 92.5 cm³/mol. The molecule has 0 aliphatic heterocycles. The number of benzene rings is 1. The molecule has 0 saturated heterocycles. The van der Waals surface area contributed by atoms with Crippen molar-refractivity contribution in [1.82, 2.24) is 9.47 Å². The van der Waals surface area contributed by atoms with E-state index >= 15 is 0 Å². The van der Waals surface area contributed by atoms with Crippen LogP contribution in [0.4, 0.5) is 0 Å². The topological polar surface area (TPSA) is 17.4 Å². The zero-order valence-corrected chi connectivity index (χ0v) is 14.1. The van der Waals surface area contributed by atoms with Crippen molar-refractivity contribution < 1.29 is 4.74 Å². The van der Waals surface area contributed by atoms with Crippen LogP contribution in [0.25, 0.3) is 10.9 Å². The van der Waals surface area contributed by atoms with Crippen molar-refractivity contribution in [3.8, 4) is 0 Å². The highest BCUT2D eigenvalue weighted by molar-refractivity contribution is 5.85. The number of nitrogens with zero attached hydrogens (tertiary/aromatic N) is 2. The van der Waals surface area contributed by atoms with Crippen LogP contribution in [0.15, 0.2) is 24.3 Å². The van der Waals surface area contributed by atoms with E-state index in [9.17, 15) is 0 Å². The highest BCUT2D eigenvalue weighted by atomic mass is 16.5. The van der Waals surface area contributed by atoms with Crippen molar-refractivity contribution in [2.45, 2.75) is 45.3 Å². The van der Waals surface area contributed by atoms with Crippen LogP contribution >= 0.6 is 0 Å². The molecule has 2 aromatic rings. The lowest BCUT2D eigenvalue weighted by Gasteiger charge is -2.19. The van der Waals surface area contributed by atoms with Gasteiger partial charge in [-0.05, 0) is 58.3 Å². The van der Waals surface area contributed by atoms with Gasteiger partial charge in [0.2, 0.25) is 0 Å². The van der Waals surface area contributed by atoms with Gasteiger partial charge in [-0.15, -0.1) is 0 Å². The van der Waals surface area contributed by atoms with Crippen molar-refractivity contribution in [2.75, 3.05) is 27.2 Å². The van der Waals surface area contributed by atoms with Gasteiger partial charge in [0.05, 0.1) is 12.7 Å². The Morgan fingerprint density at radius 2 is 1.95 bits per heavy atom. The molecule has 1 aliphatic rings. The summed E-state index contributed by atoms with van der Waals surface area (Å²) in [7, 11) is 4.19. The maximum absolute atomic E-state index is 6.00. The molecule has 0 N–H and O–H groups in total. The average Bonchev–Trinajstić information content (AvgIpc) is 2.82. The number of aromatic nitrogens is 1. The van der Waals surface area contributed by atoms with Crippen LogP contribution in [-0.4, -0.2) is 42.8 Å². The molecule has 1 aromatic heterocycles. The monoisotopic (exact) mass is 300 g/mol. The summed E-state index contributed by atoms with van der Waals surface area (Å²) in [4.78, 5) is 2.18. The van der Waals surface area contributed by atoms with Gasteiger partial charge in [-0.2, -0.15) is 0 Å². The minimum absolute atomic E-state index is 0.285. The van der Waals surface area contributed by atoms with Crippen molar-refractivity contribution in [1.29, 1.82) is 0 Å². The molecule has 0 radical (unpaired) electrons. The van der Waals surface area contributed by atoms with E-state index in [0.717, 1.165) is 19.7 Å². The van der Waals surface area contributed by atoms with Gasteiger partial charge in [0.15, 0.2) is 0 Å². The SMILES string of the molecule is CC(CN(C)C)OCCn1c2c(c3ccccc31)CCCC2. The third-order valence-electron chi connectivity index (χ3n) is 4.62. The summed E-state index contributed by atoms with van der Waals surface area (Å²) < 4.78 is 8.51. The van der Waals surface area contributed by atoms with E-state index in [2.05, 4.69) is 54.8 Å². The molecule has 0 saturated carbocycles. The van der Waals surface area contributed by atoms with E-state index in [-0.39, 0.29) is 6.10 Å². The van der Waals surface area contributed by atoms with E-state index < -0.39 is 0 Å². The number of hydrogen-bond donors (Lipinski definition) is 0. The van der Waals surface area contributed by atoms with Crippen molar-refractivity contribution in [2.24, 2.45) is 0 Å². The fraction of sp³-hybridized carbons (Fsp3) is 0.579. The van der Waals surface area contributed by atoms with Crippen LogP contribution in [0.1, 0.15) is 31.0 Å². The molecule has 0 bridgehead atoms. The van der Waals surface area contributed by atoms with Crippen LogP contribution in [0.5, 0.6) is 0 Å². The van der Waals surface area contributed by atoms with E-state index in [0.29, 0.717) is 0 Å². The van der Waals surface area contributed by atoms with Gasteiger partial charge in [0.1, 0.15) is 0 Å². The summed E-state index contributed by atoms with van der Waals surface area (Å²) in [5, 5.41) is 1.46. The van der Waals surface area contributed by atoms with Crippen molar-refractivity contribution in [3.05, 3.63) is 35.5 Å². The molecule has 1 heterocycles. The Bertz CT molecular complexity index is 630. The summed E-state index contributed by atoms with van der Waals surface area (Å²) in [5.74, 6) is 0. The normalized spacial score (nSPS) is 16.2. The highest BCUT2D eigenvalue weighted by Gasteiger charge is 2.19. The minimum Gasteiger partial charge on any atom is -0.375 e. The van der Waals surface area contributed by atoms with Gasteiger partial charge in [-0.3, -0.25) is 0 Å². The number of likely N-dealkylation sites (N-methyl/N-ethyl adjacent to an activating group) is 1. The lowest BCUT2D eigenvalue weighted by atomic mass is 9.96. The number of aryl methyl sites for hydroxylation is 1. The predicted octanol–water partition coefficient (Wildman–Crippen LogP) is 3.49. The second-order valence-electron chi connectivity index (χ2n) is 6.74. The second kappa shape index (κ2) is 6.84. The zero-order valence-electron chi connectivity index (χ0n) is 14.1. The van der Waals surface area contributed by atoms with Gasteiger partial charge in [-0.1, -0.05) is 18.2 Å². The van der Waals surface area contributed by atoms with Gasteiger partial charge >= 0.3 is 0 Å². The fourth-order valence-electron chi connectivity index (χ4n) is 3.75. The zero-order chi connectivity index (χ0) is 15.5. The molecule has 0 spiro atoms. The van der Waals surface area contributed by atoms with Crippen LogP contribution in [-0.2, 0) is 24.1 Å². The number of ether oxygens (including phenoxy) is 1. The maximum atomic E-state index is 6.00. The number of para-hydroxylation sites is 1. The fourth-order valence-corrected chi connectivity index (χ4v) is 3.75. The van der Waals surface area contributed by atoms with Gasteiger partial charge in [0, 0.05) is 29.7 Å². The van der Waals surface area contributed by atoms with Crippen LogP contribution in [0, 0.1) is 0 Å². The van der Waals surface area contributed by atoms with E-state index in [1.165, 1.54) is 36.6 Å². The first-order chi connectivity index (χ1) is 10.7. The average molecular weight is 300 g/mol. The number of rotatable bonds is 6. The van der Waals surface area contributed by atoms with Crippen LogP contribution in [0.3, 0.4) is 0 Å². The van der Waals surface area contributed by atoms with Crippen LogP contribution < -0.4 is 0 Å². The molecular weight excluding hydrogens is 272 g/mol. The Morgan fingerprint density at radius 3 is 2.77 bits per heavy atom. The highest BCUT2D eigenvalue weighted by Crippen LogP contribution is 2.31. The number of fused-ring (bicyclic) bond motifs is 3. The Hall–Kier alpha value is -1.32. The second-order valence-corrected chi connectivity index (χ2v) is 6.74. The molecule has 1 aliphatic carbocycles. The Balaban J connectivity index is 1.76. The Labute approximate surface area is 133 Å². The summed E-state index contributed by atoms with van der Waals surface area (Å²) in [6.07, 6.45) is 5.39. The molecule has 3 nitrogen and oxygen atoms in total. The molecular formula is C19H28N2O. The third-order valence-corrected chi connectivity index (χ3v) is 4.62. The van der Waals surface area contributed by atoms with Gasteiger partial charge in [0.25, 0.3) is 0 Å². The first-order valence-electron chi connectivity index (χ1n) is 8.52. The van der Waals surface area contributed by atoms with Crippen LogP contribution in [0.2, 0.25) is 0 Å². The summed E-state index contributed by atoms with van der Waals surface area (Å²) in [6.45, 7) is 4.89. The summed E-state index contributed by atoms with van der Waals surface area (Å²) in [5.41, 5.74) is 4.53. The lowest BCUT2D eigenvalue weighted by molar-refractivity contribution is 0.0436. The molecule has 1 aromatic carbocycles. The Morgan fingerprint density at radius 1 is 1.18 bits per heavy atom. The molecule has 22 heavy (non-hydrogen) atoms. The first kappa shape index (κ1) is 15.6. The van der Waals surface area contributed by atoms with E-state index in [4.69, 9.17) is 4.74 Å². The molecule has 3 rings (SSSR count). The molecule has 1 unspecified atom stereocenters. The smallest absolute Gasteiger partial charge is 0.0674 e. The standard InChI is InChI=1S/C19H28N2O/c1-15(14-20(2)3)22-13-12-21-18-10-6-4-8-16(18)17-9-5-7-11-19(17)21/h4,6,8,10,15H,5,7,9,11-14H2,1-3H3. The molecule has 0 fully saturated rings. The van der Waals surface area contributed by atoms with E-state index in [1.54, 1.807) is 11.3 Å². The quantitative estimate of drug-likeness (QED) is 0.812. The summed E-state index contributed by atoms with van der Waals surface area (Å²) >= 11 is 0. The van der Waals surface area contributed by atoms with Gasteiger partial charge < -0.3 is 14.2 Å². The minimum atomic E-state index is 0.285. The molecule has 3 heteroatoms. The molecule has 0 amide bonds. The molecule has 1 atom stereocenters. The summed E-state index contributed by atoms with van der Waals surface area (Å²) in [6, 6.07) is 8.86. The molecule has 120 valence electrons.